The monoisotopic (exact) mass is 337 g/mol. The fourth-order valence-electron chi connectivity index (χ4n) is 2.34. The number of amides is 1. The smallest absolute Gasteiger partial charge is 0.265 e. The molecule has 0 unspecified atom stereocenters. The first kappa shape index (κ1) is 16.7. The maximum atomic E-state index is 12.4. The Labute approximate surface area is 145 Å². The van der Waals surface area contributed by atoms with E-state index in [-0.39, 0.29) is 5.91 Å². The van der Waals surface area contributed by atoms with Gasteiger partial charge in [0, 0.05) is 11.3 Å². The molecule has 1 N–H and O–H groups in total. The predicted molar refractivity (Wildman–Crippen MR) is 94.4 cm³/mol. The minimum Gasteiger partial charge on any atom is -0.481 e. The number of hydrogen-bond donors (Lipinski definition) is 1. The lowest BCUT2D eigenvalue weighted by atomic mass is 10.1. The third kappa shape index (κ3) is 4.03. The summed E-state index contributed by atoms with van der Waals surface area (Å²) in [6.07, 6.45) is 0.647. The molecule has 0 saturated heterocycles. The molecule has 1 amide bonds. The number of anilines is 1. The van der Waals surface area contributed by atoms with Gasteiger partial charge in [-0.2, -0.15) is 0 Å². The lowest BCUT2D eigenvalue weighted by Gasteiger charge is -2.16. The van der Waals surface area contributed by atoms with Crippen molar-refractivity contribution in [3.05, 3.63) is 60.0 Å². The van der Waals surface area contributed by atoms with Crippen molar-refractivity contribution in [1.29, 1.82) is 0 Å². The maximum Gasteiger partial charge on any atom is 0.265 e. The summed E-state index contributed by atoms with van der Waals surface area (Å²) in [5.74, 6) is 0.828. The van der Waals surface area contributed by atoms with Crippen molar-refractivity contribution in [2.24, 2.45) is 0 Å². The van der Waals surface area contributed by atoms with Gasteiger partial charge in [0.2, 0.25) is 12.3 Å². The summed E-state index contributed by atoms with van der Waals surface area (Å²) in [5.41, 5.74) is 3.69. The number of hydrogen-bond acceptors (Lipinski definition) is 5. The first-order chi connectivity index (χ1) is 12.0. The lowest BCUT2D eigenvalue weighted by molar-refractivity contribution is -0.122. The molecule has 0 bridgehead atoms. The van der Waals surface area contributed by atoms with Crippen molar-refractivity contribution >= 4 is 11.6 Å². The van der Waals surface area contributed by atoms with Gasteiger partial charge in [0.25, 0.3) is 5.91 Å². The minimum absolute atomic E-state index is 0.199. The largest absolute Gasteiger partial charge is 0.481 e. The van der Waals surface area contributed by atoms with Gasteiger partial charge in [-0.15, -0.1) is 10.2 Å². The van der Waals surface area contributed by atoms with E-state index in [9.17, 15) is 4.79 Å². The van der Waals surface area contributed by atoms with E-state index in [0.717, 1.165) is 22.4 Å². The van der Waals surface area contributed by atoms with Crippen LogP contribution in [-0.2, 0) is 4.79 Å². The Bertz CT molecular complexity index is 858. The van der Waals surface area contributed by atoms with Crippen LogP contribution >= 0.6 is 0 Å². The average molecular weight is 337 g/mol. The van der Waals surface area contributed by atoms with E-state index < -0.39 is 6.10 Å². The molecule has 1 atom stereocenters. The van der Waals surface area contributed by atoms with Crippen LogP contribution in [0.2, 0.25) is 0 Å². The molecule has 0 aliphatic heterocycles. The molecule has 0 spiro atoms. The van der Waals surface area contributed by atoms with Crippen molar-refractivity contribution in [2.45, 2.75) is 26.9 Å². The Morgan fingerprint density at radius 3 is 2.60 bits per heavy atom. The van der Waals surface area contributed by atoms with Crippen LogP contribution in [-0.4, -0.2) is 22.2 Å². The van der Waals surface area contributed by atoms with Gasteiger partial charge in [-0.3, -0.25) is 4.79 Å². The Kier molecular flexibility index (Phi) is 4.79. The van der Waals surface area contributed by atoms with E-state index >= 15 is 0 Å². The highest BCUT2D eigenvalue weighted by atomic mass is 16.5. The first-order valence-corrected chi connectivity index (χ1v) is 7.94. The van der Waals surface area contributed by atoms with E-state index in [1.165, 1.54) is 6.39 Å². The van der Waals surface area contributed by atoms with Gasteiger partial charge in [-0.1, -0.05) is 12.1 Å². The second-order valence-corrected chi connectivity index (χ2v) is 5.84. The molecule has 2 aromatic carbocycles. The van der Waals surface area contributed by atoms with Crippen LogP contribution in [0.4, 0.5) is 5.69 Å². The molecule has 0 fully saturated rings. The normalized spacial score (nSPS) is 11.8. The molecule has 128 valence electrons. The summed E-state index contributed by atoms with van der Waals surface area (Å²) < 4.78 is 10.9. The Morgan fingerprint density at radius 1 is 1.16 bits per heavy atom. The Morgan fingerprint density at radius 2 is 1.92 bits per heavy atom. The highest BCUT2D eigenvalue weighted by Gasteiger charge is 2.16. The van der Waals surface area contributed by atoms with Crippen LogP contribution in [0.25, 0.3) is 11.5 Å². The lowest BCUT2D eigenvalue weighted by Crippen LogP contribution is -2.30. The molecule has 0 aliphatic rings. The summed E-state index contributed by atoms with van der Waals surface area (Å²) in [5, 5.41) is 10.4. The number of rotatable bonds is 5. The zero-order valence-corrected chi connectivity index (χ0v) is 14.3. The van der Waals surface area contributed by atoms with E-state index in [1.54, 1.807) is 31.2 Å². The molecule has 6 nitrogen and oxygen atoms in total. The molecule has 3 aromatic rings. The third-order valence-corrected chi connectivity index (χ3v) is 3.79. The summed E-state index contributed by atoms with van der Waals surface area (Å²) in [6, 6.07) is 13.1. The van der Waals surface area contributed by atoms with Crippen molar-refractivity contribution in [3.63, 3.8) is 0 Å². The molecule has 6 heteroatoms. The van der Waals surface area contributed by atoms with Crippen LogP contribution in [0.3, 0.4) is 0 Å². The second-order valence-electron chi connectivity index (χ2n) is 5.84. The molecule has 0 saturated carbocycles. The van der Waals surface area contributed by atoms with E-state index in [0.29, 0.717) is 11.6 Å². The molecule has 25 heavy (non-hydrogen) atoms. The van der Waals surface area contributed by atoms with Crippen molar-refractivity contribution in [2.75, 3.05) is 5.32 Å². The number of nitrogens with one attached hydrogen (secondary N) is 1. The van der Waals surface area contributed by atoms with Crippen LogP contribution in [0, 0.1) is 13.8 Å². The zero-order chi connectivity index (χ0) is 17.8. The second kappa shape index (κ2) is 7.17. The van der Waals surface area contributed by atoms with Gasteiger partial charge >= 0.3 is 0 Å². The van der Waals surface area contributed by atoms with Crippen molar-refractivity contribution in [3.8, 4) is 17.2 Å². The van der Waals surface area contributed by atoms with Gasteiger partial charge in [0.05, 0.1) is 0 Å². The number of benzene rings is 2. The summed E-state index contributed by atoms with van der Waals surface area (Å²) in [4.78, 5) is 12.4. The topological polar surface area (TPSA) is 77.2 Å². The van der Waals surface area contributed by atoms with Gasteiger partial charge < -0.3 is 14.5 Å². The number of aryl methyl sites for hydroxylation is 2. The van der Waals surface area contributed by atoms with E-state index in [1.807, 2.05) is 32.0 Å². The summed E-state index contributed by atoms with van der Waals surface area (Å²) in [7, 11) is 0. The number of carbonyl (C=O) groups excluding carboxylic acids is 1. The van der Waals surface area contributed by atoms with Crippen molar-refractivity contribution in [1.82, 2.24) is 10.2 Å². The molecule has 3 rings (SSSR count). The van der Waals surface area contributed by atoms with Crippen LogP contribution in [0.5, 0.6) is 5.75 Å². The molecular weight excluding hydrogens is 318 g/mol. The van der Waals surface area contributed by atoms with Gasteiger partial charge in [-0.05, 0) is 62.2 Å². The quantitative estimate of drug-likeness (QED) is 0.767. The van der Waals surface area contributed by atoms with E-state index in [2.05, 4.69) is 15.5 Å². The number of aromatic nitrogens is 2. The zero-order valence-electron chi connectivity index (χ0n) is 14.3. The molecule has 0 aliphatic carbocycles. The summed E-state index contributed by atoms with van der Waals surface area (Å²) >= 11 is 0. The number of ether oxygens (including phenoxy) is 1. The summed E-state index contributed by atoms with van der Waals surface area (Å²) in [6.45, 7) is 5.66. The van der Waals surface area contributed by atoms with Crippen LogP contribution in [0.15, 0.2) is 53.3 Å². The molecular formula is C19H19N3O3. The number of carbonyl (C=O) groups is 1. The van der Waals surface area contributed by atoms with Crippen molar-refractivity contribution < 1.29 is 13.9 Å². The van der Waals surface area contributed by atoms with Gasteiger partial charge in [0.15, 0.2) is 6.10 Å². The van der Waals surface area contributed by atoms with Gasteiger partial charge in [-0.25, -0.2) is 0 Å². The molecule has 0 radical (unpaired) electrons. The Balaban J connectivity index is 1.64. The molecule has 1 aromatic heterocycles. The van der Waals surface area contributed by atoms with Crippen LogP contribution < -0.4 is 10.1 Å². The first-order valence-electron chi connectivity index (χ1n) is 7.94. The standard InChI is InChI=1S/C19H19N3O3/c1-12-4-5-13(2)17(10-12)21-18(23)14(3)25-16-8-6-15(7-9-16)19-22-20-11-24-19/h4-11,14H,1-3H3,(H,21,23)/t14-/m1/s1. The number of nitrogens with zero attached hydrogens (tertiary/aromatic N) is 2. The Hall–Kier alpha value is -3.15. The highest BCUT2D eigenvalue weighted by molar-refractivity contribution is 5.94. The fourth-order valence-corrected chi connectivity index (χ4v) is 2.34. The average Bonchev–Trinajstić information content (AvgIpc) is 3.13. The minimum atomic E-state index is -0.630. The van der Waals surface area contributed by atoms with Gasteiger partial charge in [0.1, 0.15) is 5.75 Å². The maximum absolute atomic E-state index is 12.4. The SMILES string of the molecule is Cc1ccc(C)c(NC(=O)[C@@H](C)Oc2ccc(-c3nnco3)cc2)c1. The van der Waals surface area contributed by atoms with E-state index in [4.69, 9.17) is 9.15 Å². The third-order valence-electron chi connectivity index (χ3n) is 3.79. The predicted octanol–water partition coefficient (Wildman–Crippen LogP) is 3.76. The fraction of sp³-hybridized carbons (Fsp3) is 0.211. The molecule has 1 heterocycles. The van der Waals surface area contributed by atoms with Crippen LogP contribution in [0.1, 0.15) is 18.1 Å². The highest BCUT2D eigenvalue weighted by Crippen LogP contribution is 2.21.